The van der Waals surface area contributed by atoms with Gasteiger partial charge in [-0.2, -0.15) is 0 Å². The van der Waals surface area contributed by atoms with Crippen LogP contribution in [0, 0.1) is 3.57 Å². The molecule has 0 heterocycles. The van der Waals surface area contributed by atoms with Crippen molar-refractivity contribution in [3.05, 3.63) is 117 Å². The van der Waals surface area contributed by atoms with E-state index in [1.54, 1.807) is 0 Å². The molecule has 4 rings (SSSR count). The molecule has 0 fully saturated rings. The van der Waals surface area contributed by atoms with Crippen LogP contribution in [-0.4, -0.2) is 0 Å². The molecule has 2 aliphatic carbocycles. The van der Waals surface area contributed by atoms with Crippen LogP contribution >= 0.6 is 22.6 Å². The number of allylic oxidation sites excluding steroid dienone is 8. The zero-order valence-electron chi connectivity index (χ0n) is 14.9. The fourth-order valence-electron chi connectivity index (χ4n) is 4.17. The van der Waals surface area contributed by atoms with Gasteiger partial charge in [0.1, 0.15) is 0 Å². The van der Waals surface area contributed by atoms with E-state index in [-0.39, 0.29) is 5.41 Å². The van der Waals surface area contributed by atoms with Gasteiger partial charge in [0.05, 0.1) is 5.41 Å². The third kappa shape index (κ3) is 3.14. The average molecular weight is 450 g/mol. The van der Waals surface area contributed by atoms with E-state index in [4.69, 9.17) is 0 Å². The molecule has 0 nitrogen and oxygen atoms in total. The molecule has 1 heteroatoms. The molecule has 0 aliphatic heterocycles. The van der Waals surface area contributed by atoms with Gasteiger partial charge in [-0.3, -0.25) is 0 Å². The minimum Gasteiger partial charge on any atom is -0.0839 e. The Balaban J connectivity index is 2.04. The molecule has 2 aromatic rings. The fraction of sp³-hybridized carbons (Fsp3) is 0.200. The first kappa shape index (κ1) is 17.5. The van der Waals surface area contributed by atoms with Crippen LogP contribution < -0.4 is 0 Å². The summed E-state index contributed by atoms with van der Waals surface area (Å²) < 4.78 is 1.27. The van der Waals surface area contributed by atoms with E-state index < -0.39 is 0 Å². The van der Waals surface area contributed by atoms with Crippen molar-refractivity contribution >= 4 is 22.6 Å². The smallest absolute Gasteiger partial charge is 0.0695 e. The predicted octanol–water partition coefficient (Wildman–Crippen LogP) is 7.13. The predicted molar refractivity (Wildman–Crippen MR) is 119 cm³/mol. The van der Waals surface area contributed by atoms with Crippen molar-refractivity contribution in [1.82, 2.24) is 0 Å². The van der Waals surface area contributed by atoms with Gasteiger partial charge in [0.2, 0.25) is 0 Å². The molecular formula is C25H23I. The van der Waals surface area contributed by atoms with Gasteiger partial charge >= 0.3 is 0 Å². The Bertz CT molecular complexity index is 848. The minimum absolute atomic E-state index is 0.237. The van der Waals surface area contributed by atoms with Gasteiger partial charge in [-0.15, -0.1) is 0 Å². The second kappa shape index (κ2) is 7.79. The zero-order valence-corrected chi connectivity index (χ0v) is 17.0. The first-order valence-corrected chi connectivity index (χ1v) is 10.5. The molecule has 0 saturated heterocycles. The monoisotopic (exact) mass is 450 g/mol. The second-order valence-corrected chi connectivity index (χ2v) is 8.15. The number of hydrogen-bond donors (Lipinski definition) is 0. The average Bonchev–Trinajstić information content (AvgIpc) is 2.72. The molecular weight excluding hydrogens is 427 g/mol. The summed E-state index contributed by atoms with van der Waals surface area (Å²) in [7, 11) is 0. The lowest BCUT2D eigenvalue weighted by Crippen LogP contribution is -2.32. The lowest BCUT2D eigenvalue weighted by Gasteiger charge is -2.40. The van der Waals surface area contributed by atoms with Crippen LogP contribution in [-0.2, 0) is 5.41 Å². The molecule has 2 aromatic carbocycles. The highest BCUT2D eigenvalue weighted by atomic mass is 127. The Morgan fingerprint density at radius 2 is 1.15 bits per heavy atom. The van der Waals surface area contributed by atoms with Gasteiger partial charge in [-0.25, -0.2) is 0 Å². The highest BCUT2D eigenvalue weighted by molar-refractivity contribution is 14.1. The quantitative estimate of drug-likeness (QED) is 0.435. The van der Waals surface area contributed by atoms with E-state index in [0.29, 0.717) is 0 Å². The maximum atomic E-state index is 2.44. The maximum Gasteiger partial charge on any atom is 0.0695 e. The highest BCUT2D eigenvalue weighted by Crippen LogP contribution is 2.48. The van der Waals surface area contributed by atoms with Gasteiger partial charge < -0.3 is 0 Å². The Labute approximate surface area is 170 Å². The van der Waals surface area contributed by atoms with Gasteiger partial charge in [-0.1, -0.05) is 78.9 Å². The standard InChI is InChI=1S/C25H23I/c26-24-18-16-23(17-19-24)25(20-10-4-1-5-11-20,21-12-6-2-7-13-21)22-14-8-3-9-15-22/h1,4-6,8,10-19H,2-3,7,9H2. The summed E-state index contributed by atoms with van der Waals surface area (Å²) in [6.07, 6.45) is 18.7. The summed E-state index contributed by atoms with van der Waals surface area (Å²) in [6, 6.07) is 20.1. The Morgan fingerprint density at radius 3 is 1.65 bits per heavy atom. The van der Waals surface area contributed by atoms with Crippen molar-refractivity contribution < 1.29 is 0 Å². The Morgan fingerprint density at radius 1 is 0.615 bits per heavy atom. The van der Waals surface area contributed by atoms with Crippen LogP contribution in [0.1, 0.15) is 36.8 Å². The lowest BCUT2D eigenvalue weighted by molar-refractivity contribution is 0.717. The van der Waals surface area contributed by atoms with E-state index in [1.807, 2.05) is 0 Å². The van der Waals surface area contributed by atoms with Crippen molar-refractivity contribution in [2.75, 3.05) is 0 Å². The highest BCUT2D eigenvalue weighted by Gasteiger charge is 2.40. The number of benzene rings is 2. The molecule has 0 atom stereocenters. The third-order valence-electron chi connectivity index (χ3n) is 5.34. The molecule has 0 radical (unpaired) electrons. The topological polar surface area (TPSA) is 0 Å². The van der Waals surface area contributed by atoms with E-state index in [9.17, 15) is 0 Å². The van der Waals surface area contributed by atoms with Gasteiger partial charge in [0.15, 0.2) is 0 Å². The molecule has 26 heavy (non-hydrogen) atoms. The minimum atomic E-state index is -0.237. The Kier molecular flexibility index (Phi) is 5.26. The van der Waals surface area contributed by atoms with Crippen molar-refractivity contribution in [3.8, 4) is 0 Å². The molecule has 130 valence electrons. The number of rotatable bonds is 4. The molecule has 2 aliphatic rings. The molecule has 0 unspecified atom stereocenters. The van der Waals surface area contributed by atoms with Crippen molar-refractivity contribution in [2.24, 2.45) is 0 Å². The van der Waals surface area contributed by atoms with E-state index in [2.05, 4.69) is 114 Å². The number of hydrogen-bond acceptors (Lipinski definition) is 0. The van der Waals surface area contributed by atoms with Crippen molar-refractivity contribution in [2.45, 2.75) is 31.1 Å². The molecule has 0 aromatic heterocycles. The molecule has 0 N–H and O–H groups in total. The number of halogens is 1. The van der Waals surface area contributed by atoms with Crippen LogP contribution in [0.4, 0.5) is 0 Å². The van der Waals surface area contributed by atoms with E-state index in [0.717, 1.165) is 25.7 Å². The largest absolute Gasteiger partial charge is 0.0839 e. The van der Waals surface area contributed by atoms with Gasteiger partial charge in [0, 0.05) is 3.57 Å². The zero-order chi connectivity index (χ0) is 17.8. The molecule has 0 spiro atoms. The molecule has 0 bridgehead atoms. The Hall–Kier alpha value is -1.87. The van der Waals surface area contributed by atoms with Gasteiger partial charge in [0.25, 0.3) is 0 Å². The van der Waals surface area contributed by atoms with Crippen LogP contribution in [0.3, 0.4) is 0 Å². The first-order chi connectivity index (χ1) is 12.8. The summed E-state index contributed by atoms with van der Waals surface area (Å²) in [6.45, 7) is 0. The van der Waals surface area contributed by atoms with Crippen molar-refractivity contribution in [1.29, 1.82) is 0 Å². The van der Waals surface area contributed by atoms with Crippen LogP contribution in [0.2, 0.25) is 0 Å². The summed E-state index contributed by atoms with van der Waals surface area (Å²) in [5.74, 6) is 0. The van der Waals surface area contributed by atoms with Crippen LogP contribution in [0.15, 0.2) is 102 Å². The second-order valence-electron chi connectivity index (χ2n) is 6.90. The van der Waals surface area contributed by atoms with Crippen LogP contribution in [0.5, 0.6) is 0 Å². The fourth-order valence-corrected chi connectivity index (χ4v) is 4.53. The van der Waals surface area contributed by atoms with Crippen LogP contribution in [0.25, 0.3) is 0 Å². The summed E-state index contributed by atoms with van der Waals surface area (Å²) >= 11 is 2.39. The molecule has 0 saturated carbocycles. The van der Waals surface area contributed by atoms with E-state index in [1.165, 1.54) is 25.8 Å². The molecule has 0 amide bonds. The maximum absolute atomic E-state index is 2.44. The summed E-state index contributed by atoms with van der Waals surface area (Å²) in [5.41, 5.74) is 5.25. The lowest BCUT2D eigenvalue weighted by atomic mass is 9.62. The first-order valence-electron chi connectivity index (χ1n) is 9.38. The normalized spacial score (nSPS) is 17.0. The summed E-state index contributed by atoms with van der Waals surface area (Å²) in [5, 5.41) is 0. The summed E-state index contributed by atoms with van der Waals surface area (Å²) in [4.78, 5) is 0. The van der Waals surface area contributed by atoms with E-state index >= 15 is 0 Å². The van der Waals surface area contributed by atoms with Gasteiger partial charge in [-0.05, 0) is 82.7 Å². The van der Waals surface area contributed by atoms with Crippen molar-refractivity contribution in [3.63, 3.8) is 0 Å². The third-order valence-corrected chi connectivity index (χ3v) is 6.06. The SMILES string of the molecule is Ic1ccc(C(C2=CCCC=C2)(C2=CCCC=C2)c2ccccc2)cc1.